The van der Waals surface area contributed by atoms with Crippen LogP contribution in [0.25, 0.3) is 0 Å². The van der Waals surface area contributed by atoms with Gasteiger partial charge in [0.25, 0.3) is 0 Å². The van der Waals surface area contributed by atoms with Gasteiger partial charge in [-0.3, -0.25) is 0 Å². The van der Waals surface area contributed by atoms with Crippen LogP contribution in [0.4, 0.5) is 0 Å². The first-order valence-electron chi connectivity index (χ1n) is 5.59. The van der Waals surface area contributed by atoms with Gasteiger partial charge in [0.05, 0.1) is 12.4 Å². The summed E-state index contributed by atoms with van der Waals surface area (Å²) < 4.78 is 5.35. The van der Waals surface area contributed by atoms with Gasteiger partial charge in [0, 0.05) is 0 Å². The topological polar surface area (TPSA) is 9.23 Å². The van der Waals surface area contributed by atoms with Crippen molar-refractivity contribution in [3.8, 4) is 0 Å². The summed E-state index contributed by atoms with van der Waals surface area (Å²) in [7, 11) is 0. The number of ether oxygens (including phenoxy) is 1. The predicted molar refractivity (Wildman–Crippen MR) is 56.6 cm³/mol. The van der Waals surface area contributed by atoms with E-state index in [1.807, 2.05) is 6.26 Å². The van der Waals surface area contributed by atoms with Gasteiger partial charge in [-0.25, -0.2) is 0 Å². The SMILES string of the molecule is CC(C)O/C=C/CC1CCCCC1. The highest BCUT2D eigenvalue weighted by Gasteiger charge is 2.11. The molecule has 0 unspecified atom stereocenters. The Morgan fingerprint density at radius 2 is 1.92 bits per heavy atom. The highest BCUT2D eigenvalue weighted by atomic mass is 16.5. The molecule has 76 valence electrons. The van der Waals surface area contributed by atoms with Crippen LogP contribution in [0.15, 0.2) is 12.3 Å². The Hall–Kier alpha value is -0.460. The average Bonchev–Trinajstić information content (AvgIpc) is 2.14. The second kappa shape index (κ2) is 6.06. The minimum Gasteiger partial charge on any atom is -0.499 e. The lowest BCUT2D eigenvalue weighted by Crippen LogP contribution is -2.04. The Kier molecular flexibility index (Phi) is 4.95. The van der Waals surface area contributed by atoms with Gasteiger partial charge in [-0.05, 0) is 32.3 Å². The minimum atomic E-state index is 0.322. The van der Waals surface area contributed by atoms with Crippen LogP contribution in [0.2, 0.25) is 0 Å². The van der Waals surface area contributed by atoms with Crippen molar-refractivity contribution in [1.82, 2.24) is 0 Å². The first kappa shape index (κ1) is 10.6. The summed E-state index contributed by atoms with van der Waals surface area (Å²) in [5.41, 5.74) is 0. The van der Waals surface area contributed by atoms with Crippen LogP contribution in [0.5, 0.6) is 0 Å². The second-order valence-electron chi connectivity index (χ2n) is 4.30. The van der Waals surface area contributed by atoms with Crippen LogP contribution in [0.3, 0.4) is 0 Å². The Morgan fingerprint density at radius 3 is 2.54 bits per heavy atom. The van der Waals surface area contributed by atoms with Crippen LogP contribution in [0.1, 0.15) is 52.4 Å². The van der Waals surface area contributed by atoms with Gasteiger partial charge in [0.15, 0.2) is 0 Å². The van der Waals surface area contributed by atoms with E-state index >= 15 is 0 Å². The zero-order valence-electron chi connectivity index (χ0n) is 8.96. The van der Waals surface area contributed by atoms with Crippen LogP contribution >= 0.6 is 0 Å². The standard InChI is InChI=1S/C12H22O/c1-11(2)13-10-6-9-12-7-4-3-5-8-12/h6,10-12H,3-5,7-9H2,1-2H3/b10-6+. The van der Waals surface area contributed by atoms with E-state index in [0.717, 1.165) is 5.92 Å². The number of allylic oxidation sites excluding steroid dienone is 1. The third-order valence-electron chi connectivity index (χ3n) is 2.64. The molecule has 0 radical (unpaired) electrons. The zero-order chi connectivity index (χ0) is 9.52. The van der Waals surface area contributed by atoms with Crippen molar-refractivity contribution in [2.75, 3.05) is 0 Å². The van der Waals surface area contributed by atoms with E-state index in [1.54, 1.807) is 0 Å². The monoisotopic (exact) mass is 182 g/mol. The summed E-state index contributed by atoms with van der Waals surface area (Å²) in [6, 6.07) is 0. The normalized spacial score (nSPS) is 19.9. The molecular weight excluding hydrogens is 160 g/mol. The molecule has 0 saturated heterocycles. The van der Waals surface area contributed by atoms with Gasteiger partial charge in [-0.15, -0.1) is 0 Å². The molecule has 0 amide bonds. The molecule has 1 nitrogen and oxygen atoms in total. The van der Waals surface area contributed by atoms with Crippen LogP contribution in [-0.2, 0) is 4.74 Å². The molecule has 1 fully saturated rings. The summed E-state index contributed by atoms with van der Waals surface area (Å²) in [5, 5.41) is 0. The van der Waals surface area contributed by atoms with Crippen molar-refractivity contribution < 1.29 is 4.74 Å². The van der Waals surface area contributed by atoms with E-state index in [-0.39, 0.29) is 0 Å². The average molecular weight is 182 g/mol. The highest BCUT2D eigenvalue weighted by Crippen LogP contribution is 2.26. The Bertz CT molecular complexity index is 143. The molecule has 0 aromatic rings. The molecule has 13 heavy (non-hydrogen) atoms. The van der Waals surface area contributed by atoms with E-state index in [2.05, 4.69) is 19.9 Å². The molecule has 0 spiro atoms. The quantitative estimate of drug-likeness (QED) is 0.599. The molecule has 0 heterocycles. The van der Waals surface area contributed by atoms with E-state index < -0.39 is 0 Å². The molecule has 0 aromatic carbocycles. The fourth-order valence-corrected chi connectivity index (χ4v) is 1.88. The van der Waals surface area contributed by atoms with E-state index in [1.165, 1.54) is 38.5 Å². The lowest BCUT2D eigenvalue weighted by Gasteiger charge is -2.19. The molecule has 1 aliphatic rings. The third kappa shape index (κ3) is 4.97. The molecule has 1 aliphatic carbocycles. The number of rotatable bonds is 4. The van der Waals surface area contributed by atoms with Gasteiger partial charge in [-0.2, -0.15) is 0 Å². The maximum absolute atomic E-state index is 5.35. The van der Waals surface area contributed by atoms with Crippen molar-refractivity contribution in [3.05, 3.63) is 12.3 Å². The minimum absolute atomic E-state index is 0.322. The van der Waals surface area contributed by atoms with E-state index in [4.69, 9.17) is 4.74 Å². The van der Waals surface area contributed by atoms with Gasteiger partial charge in [0.2, 0.25) is 0 Å². The Balaban J connectivity index is 2.06. The first-order chi connectivity index (χ1) is 6.29. The summed E-state index contributed by atoms with van der Waals surface area (Å²) >= 11 is 0. The lowest BCUT2D eigenvalue weighted by atomic mass is 9.87. The summed E-state index contributed by atoms with van der Waals surface area (Å²) in [6.07, 6.45) is 12.8. The maximum atomic E-state index is 5.35. The van der Waals surface area contributed by atoms with Gasteiger partial charge < -0.3 is 4.74 Å². The highest BCUT2D eigenvalue weighted by molar-refractivity contribution is 4.79. The molecule has 1 heteroatoms. The Morgan fingerprint density at radius 1 is 1.23 bits per heavy atom. The molecule has 0 atom stereocenters. The van der Waals surface area contributed by atoms with E-state index in [9.17, 15) is 0 Å². The fraction of sp³-hybridized carbons (Fsp3) is 0.833. The summed E-state index contributed by atoms with van der Waals surface area (Å²) in [6.45, 7) is 4.12. The molecule has 1 rings (SSSR count). The van der Waals surface area contributed by atoms with Crippen molar-refractivity contribution in [1.29, 1.82) is 0 Å². The summed E-state index contributed by atoms with van der Waals surface area (Å²) in [4.78, 5) is 0. The van der Waals surface area contributed by atoms with Gasteiger partial charge in [0.1, 0.15) is 0 Å². The molecule has 1 saturated carbocycles. The van der Waals surface area contributed by atoms with Crippen molar-refractivity contribution in [2.45, 2.75) is 58.5 Å². The molecule has 0 N–H and O–H groups in total. The first-order valence-corrected chi connectivity index (χ1v) is 5.59. The molecule has 0 bridgehead atoms. The molecule has 0 aliphatic heterocycles. The third-order valence-corrected chi connectivity index (χ3v) is 2.64. The zero-order valence-corrected chi connectivity index (χ0v) is 8.96. The molecular formula is C12H22O. The largest absolute Gasteiger partial charge is 0.499 e. The number of hydrogen-bond donors (Lipinski definition) is 0. The fourth-order valence-electron chi connectivity index (χ4n) is 1.88. The van der Waals surface area contributed by atoms with Crippen LogP contribution in [0, 0.1) is 5.92 Å². The van der Waals surface area contributed by atoms with Crippen LogP contribution in [-0.4, -0.2) is 6.10 Å². The van der Waals surface area contributed by atoms with Crippen molar-refractivity contribution >= 4 is 0 Å². The van der Waals surface area contributed by atoms with Crippen molar-refractivity contribution in [2.24, 2.45) is 5.92 Å². The predicted octanol–water partition coefficient (Wildman–Crippen LogP) is 3.90. The van der Waals surface area contributed by atoms with Crippen LogP contribution < -0.4 is 0 Å². The lowest BCUT2D eigenvalue weighted by molar-refractivity contribution is 0.178. The Labute approximate surface area is 82.2 Å². The van der Waals surface area contributed by atoms with Gasteiger partial charge in [-0.1, -0.05) is 32.1 Å². The van der Waals surface area contributed by atoms with E-state index in [0.29, 0.717) is 6.10 Å². The smallest absolute Gasteiger partial charge is 0.0922 e. The maximum Gasteiger partial charge on any atom is 0.0922 e. The molecule has 0 aromatic heterocycles. The van der Waals surface area contributed by atoms with Gasteiger partial charge >= 0.3 is 0 Å². The summed E-state index contributed by atoms with van der Waals surface area (Å²) in [5.74, 6) is 0.931. The number of hydrogen-bond acceptors (Lipinski definition) is 1. The second-order valence-corrected chi connectivity index (χ2v) is 4.30. The van der Waals surface area contributed by atoms with Crippen molar-refractivity contribution in [3.63, 3.8) is 0 Å².